The first-order valence-corrected chi connectivity index (χ1v) is 12.2. The number of amides is 1. The molecule has 0 aromatic heterocycles. The fourth-order valence-corrected chi connectivity index (χ4v) is 5.20. The van der Waals surface area contributed by atoms with E-state index in [1.54, 1.807) is 18.3 Å². The summed E-state index contributed by atoms with van der Waals surface area (Å²) >= 11 is 7.86. The van der Waals surface area contributed by atoms with Crippen LogP contribution in [0, 0.1) is 14.1 Å². The topological polar surface area (TPSA) is 59.9 Å². The Morgan fingerprint density at radius 2 is 1.77 bits per heavy atom. The highest BCUT2D eigenvalue weighted by atomic mass is 127. The van der Waals surface area contributed by atoms with Crippen molar-refractivity contribution in [3.05, 3.63) is 88.5 Å². The number of carbonyl (C=O) groups excluding carboxylic acids is 1. The van der Waals surface area contributed by atoms with Gasteiger partial charge in [-0.05, 0) is 93.6 Å². The summed E-state index contributed by atoms with van der Waals surface area (Å²) in [6.07, 6.45) is 1.61. The van der Waals surface area contributed by atoms with Gasteiger partial charge in [-0.25, -0.2) is 5.43 Å². The Balaban J connectivity index is 1.67. The molecule has 160 valence electrons. The van der Waals surface area contributed by atoms with Crippen molar-refractivity contribution in [1.82, 2.24) is 5.43 Å². The first-order chi connectivity index (χ1) is 14.9. The standard InChI is InChI=1S/C23H19BrI2N2O3/c1-14-3-5-15(6-4-14)13-31-22-19(25)9-16(10-20(22)26)12-27-28-23(29)18-11-17(24)7-8-21(18)30-2/h3-12H,13H2,1-2H3,(H,28,29)/b27-12-. The summed E-state index contributed by atoms with van der Waals surface area (Å²) in [4.78, 5) is 12.4. The molecule has 0 unspecified atom stereocenters. The summed E-state index contributed by atoms with van der Waals surface area (Å²) in [7, 11) is 1.52. The molecule has 3 aromatic carbocycles. The summed E-state index contributed by atoms with van der Waals surface area (Å²) in [5, 5.41) is 4.09. The van der Waals surface area contributed by atoms with E-state index in [9.17, 15) is 4.79 Å². The van der Waals surface area contributed by atoms with Gasteiger partial charge in [0.1, 0.15) is 18.1 Å². The number of hydrogen-bond donors (Lipinski definition) is 1. The number of nitrogens with zero attached hydrogens (tertiary/aromatic N) is 1. The number of ether oxygens (including phenoxy) is 2. The molecule has 0 radical (unpaired) electrons. The van der Waals surface area contributed by atoms with Crippen LogP contribution in [0.2, 0.25) is 0 Å². The Morgan fingerprint density at radius 3 is 2.42 bits per heavy atom. The molecule has 8 heteroatoms. The van der Waals surface area contributed by atoms with Crippen molar-refractivity contribution >= 4 is 73.2 Å². The molecule has 0 bridgehead atoms. The van der Waals surface area contributed by atoms with Crippen LogP contribution in [-0.2, 0) is 6.61 Å². The predicted molar refractivity (Wildman–Crippen MR) is 143 cm³/mol. The fourth-order valence-electron chi connectivity index (χ4n) is 2.72. The van der Waals surface area contributed by atoms with Crippen molar-refractivity contribution in [1.29, 1.82) is 0 Å². The van der Waals surface area contributed by atoms with Crippen molar-refractivity contribution in [2.75, 3.05) is 7.11 Å². The van der Waals surface area contributed by atoms with Crippen LogP contribution in [0.1, 0.15) is 27.0 Å². The number of carbonyl (C=O) groups is 1. The second kappa shape index (κ2) is 11.3. The van der Waals surface area contributed by atoms with Crippen molar-refractivity contribution in [3.63, 3.8) is 0 Å². The molecule has 31 heavy (non-hydrogen) atoms. The molecular formula is C23H19BrI2N2O3. The molecule has 0 aliphatic rings. The fraction of sp³-hybridized carbons (Fsp3) is 0.130. The number of hydrazone groups is 1. The zero-order valence-electron chi connectivity index (χ0n) is 16.8. The number of nitrogens with one attached hydrogen (secondary N) is 1. The van der Waals surface area contributed by atoms with E-state index in [4.69, 9.17) is 9.47 Å². The number of halogens is 3. The van der Waals surface area contributed by atoms with Gasteiger partial charge < -0.3 is 9.47 Å². The van der Waals surface area contributed by atoms with Crippen LogP contribution in [0.25, 0.3) is 0 Å². The Bertz CT molecular complexity index is 1100. The zero-order valence-corrected chi connectivity index (χ0v) is 22.7. The van der Waals surface area contributed by atoms with Crippen LogP contribution >= 0.6 is 61.1 Å². The van der Waals surface area contributed by atoms with Crippen molar-refractivity contribution in [2.45, 2.75) is 13.5 Å². The second-order valence-electron chi connectivity index (χ2n) is 6.63. The minimum absolute atomic E-state index is 0.350. The van der Waals surface area contributed by atoms with Crippen molar-refractivity contribution < 1.29 is 14.3 Å². The Morgan fingerprint density at radius 1 is 1.10 bits per heavy atom. The third-order valence-corrected chi connectivity index (χ3v) is 6.41. The predicted octanol–water partition coefficient (Wildman–Crippen LogP) is 6.32. The van der Waals surface area contributed by atoms with Gasteiger partial charge in [0.2, 0.25) is 0 Å². The molecule has 0 heterocycles. The lowest BCUT2D eigenvalue weighted by molar-refractivity contribution is 0.0952. The molecule has 0 aliphatic carbocycles. The molecule has 0 saturated carbocycles. The summed E-state index contributed by atoms with van der Waals surface area (Å²) < 4.78 is 14.0. The van der Waals surface area contributed by atoms with Gasteiger partial charge in [0, 0.05) is 4.47 Å². The average molecular weight is 705 g/mol. The van der Waals surface area contributed by atoms with Gasteiger partial charge in [-0.3, -0.25) is 4.79 Å². The van der Waals surface area contributed by atoms with Crippen LogP contribution in [0.5, 0.6) is 11.5 Å². The van der Waals surface area contributed by atoms with Crippen LogP contribution in [0.3, 0.4) is 0 Å². The number of methoxy groups -OCH3 is 1. The molecule has 0 atom stereocenters. The van der Waals surface area contributed by atoms with Crippen LogP contribution in [0.4, 0.5) is 0 Å². The van der Waals surface area contributed by atoms with Gasteiger partial charge >= 0.3 is 0 Å². The smallest absolute Gasteiger partial charge is 0.275 e. The maximum atomic E-state index is 12.4. The molecule has 0 aliphatic heterocycles. The minimum Gasteiger partial charge on any atom is -0.496 e. The van der Waals surface area contributed by atoms with Gasteiger partial charge in [-0.1, -0.05) is 45.8 Å². The van der Waals surface area contributed by atoms with Crippen molar-refractivity contribution in [2.24, 2.45) is 5.10 Å². The summed E-state index contributed by atoms with van der Waals surface area (Å²) in [5.74, 6) is 0.966. The Labute approximate surface area is 217 Å². The van der Waals surface area contributed by atoms with Crippen LogP contribution < -0.4 is 14.9 Å². The monoisotopic (exact) mass is 704 g/mol. The first-order valence-electron chi connectivity index (χ1n) is 9.21. The van der Waals surface area contributed by atoms with Gasteiger partial charge in [0.25, 0.3) is 5.91 Å². The molecule has 0 saturated heterocycles. The lowest BCUT2D eigenvalue weighted by Gasteiger charge is -2.12. The van der Waals surface area contributed by atoms with E-state index in [1.165, 1.54) is 12.7 Å². The number of benzene rings is 3. The van der Waals surface area contributed by atoms with Crippen LogP contribution in [0.15, 0.2) is 64.2 Å². The SMILES string of the molecule is COc1ccc(Br)cc1C(=O)N/N=C\c1cc(I)c(OCc2ccc(C)cc2)c(I)c1. The van der Waals surface area contributed by atoms with Crippen LogP contribution in [-0.4, -0.2) is 19.2 Å². The molecule has 3 aromatic rings. The molecule has 5 nitrogen and oxygen atoms in total. The van der Waals surface area contributed by atoms with E-state index < -0.39 is 0 Å². The van der Waals surface area contributed by atoms with Crippen molar-refractivity contribution in [3.8, 4) is 11.5 Å². The molecule has 3 rings (SSSR count). The Hall–Kier alpha value is -1.66. The van der Waals surface area contributed by atoms with E-state index in [1.807, 2.05) is 18.2 Å². The number of hydrogen-bond acceptors (Lipinski definition) is 4. The third kappa shape index (κ3) is 6.66. The number of aryl methyl sites for hydroxylation is 1. The van der Waals surface area contributed by atoms with E-state index in [2.05, 4.69) is 103 Å². The maximum absolute atomic E-state index is 12.4. The highest BCUT2D eigenvalue weighted by Gasteiger charge is 2.12. The molecule has 0 fully saturated rings. The maximum Gasteiger partial charge on any atom is 0.275 e. The van der Waals surface area contributed by atoms with E-state index in [0.717, 1.165) is 28.5 Å². The first kappa shape index (κ1) is 24.0. The lowest BCUT2D eigenvalue weighted by atomic mass is 10.2. The summed E-state index contributed by atoms with van der Waals surface area (Å²) in [5.41, 5.74) is 6.15. The lowest BCUT2D eigenvalue weighted by Crippen LogP contribution is -2.18. The molecule has 0 spiro atoms. The second-order valence-corrected chi connectivity index (χ2v) is 9.87. The normalized spacial score (nSPS) is 10.9. The third-order valence-electron chi connectivity index (χ3n) is 4.31. The minimum atomic E-state index is -0.350. The van der Waals surface area contributed by atoms with Gasteiger partial charge in [-0.15, -0.1) is 0 Å². The number of rotatable bonds is 7. The molecule has 1 N–H and O–H groups in total. The van der Waals surface area contributed by atoms with E-state index in [0.29, 0.717) is 17.9 Å². The molecular weight excluding hydrogens is 686 g/mol. The quantitative estimate of drug-likeness (QED) is 0.178. The highest BCUT2D eigenvalue weighted by Crippen LogP contribution is 2.29. The Kier molecular flexibility index (Phi) is 8.73. The zero-order chi connectivity index (χ0) is 22.4. The van der Waals surface area contributed by atoms with E-state index in [-0.39, 0.29) is 5.91 Å². The van der Waals surface area contributed by atoms with Gasteiger partial charge in [-0.2, -0.15) is 5.10 Å². The molecule has 1 amide bonds. The summed E-state index contributed by atoms with van der Waals surface area (Å²) in [6.45, 7) is 2.57. The van der Waals surface area contributed by atoms with E-state index >= 15 is 0 Å². The van der Waals surface area contributed by atoms with Gasteiger partial charge in [0.05, 0.1) is 26.0 Å². The average Bonchev–Trinajstić information content (AvgIpc) is 2.74. The summed E-state index contributed by atoms with van der Waals surface area (Å²) in [6, 6.07) is 17.4. The van der Waals surface area contributed by atoms with Gasteiger partial charge in [0.15, 0.2) is 0 Å². The highest BCUT2D eigenvalue weighted by molar-refractivity contribution is 14.1. The largest absolute Gasteiger partial charge is 0.496 e.